The predicted octanol–water partition coefficient (Wildman–Crippen LogP) is 3.15. The number of benzene rings is 1. The van der Waals surface area contributed by atoms with Crippen molar-refractivity contribution in [3.63, 3.8) is 0 Å². The molecule has 4 nitrogen and oxygen atoms in total. The summed E-state index contributed by atoms with van der Waals surface area (Å²) in [5, 5.41) is 1.10. The van der Waals surface area contributed by atoms with Gasteiger partial charge < -0.3 is 9.47 Å². The molecule has 0 radical (unpaired) electrons. The van der Waals surface area contributed by atoms with Crippen LogP contribution in [-0.4, -0.2) is 42.3 Å². The fourth-order valence-corrected chi connectivity index (χ4v) is 6.97. The van der Waals surface area contributed by atoms with Crippen LogP contribution in [0.5, 0.6) is 0 Å². The Kier molecular flexibility index (Phi) is 6.22. The van der Waals surface area contributed by atoms with Gasteiger partial charge in [0.25, 0.3) is 0 Å². The van der Waals surface area contributed by atoms with Gasteiger partial charge in [-0.15, -0.1) is 0 Å². The largest absolute Gasteiger partial charge is 0.468 e. The standard InChI is InChI=1S/C18H30O4Si2/c1-21-16(19)18(17(20)22-2,13-23(3,4)5)14-11-9-10-12-15(14)24(6,7)8/h9-12H,13H2,1-8H3. The van der Waals surface area contributed by atoms with Crippen molar-refractivity contribution in [3.8, 4) is 0 Å². The number of methoxy groups -OCH3 is 2. The van der Waals surface area contributed by atoms with E-state index >= 15 is 0 Å². The Bertz CT molecular complexity index is 596. The SMILES string of the molecule is COC(=O)C(C[Si](C)(C)C)(C(=O)OC)c1ccccc1[Si](C)(C)C. The summed E-state index contributed by atoms with van der Waals surface area (Å²) in [5.41, 5.74) is -0.629. The average molecular weight is 367 g/mol. The Hall–Kier alpha value is -1.41. The lowest BCUT2D eigenvalue weighted by molar-refractivity contribution is -0.160. The van der Waals surface area contributed by atoms with Crippen LogP contribution in [0.25, 0.3) is 0 Å². The van der Waals surface area contributed by atoms with Crippen LogP contribution in [0.1, 0.15) is 5.56 Å². The molecule has 0 saturated carbocycles. The van der Waals surface area contributed by atoms with Crippen molar-refractivity contribution in [3.05, 3.63) is 29.8 Å². The first-order valence-corrected chi connectivity index (χ1v) is 15.4. The summed E-state index contributed by atoms with van der Waals surface area (Å²) in [6.45, 7) is 13.1. The van der Waals surface area contributed by atoms with Gasteiger partial charge in [-0.05, 0) is 11.6 Å². The second-order valence-electron chi connectivity index (χ2n) is 8.42. The zero-order valence-electron chi connectivity index (χ0n) is 16.1. The second-order valence-corrected chi connectivity index (χ2v) is 18.9. The van der Waals surface area contributed by atoms with Crippen LogP contribution in [0.4, 0.5) is 0 Å². The fourth-order valence-electron chi connectivity index (χ4n) is 3.20. The van der Waals surface area contributed by atoms with E-state index in [-0.39, 0.29) is 0 Å². The fraction of sp³-hybridized carbons (Fsp3) is 0.556. The van der Waals surface area contributed by atoms with Crippen LogP contribution in [0.3, 0.4) is 0 Å². The van der Waals surface area contributed by atoms with Gasteiger partial charge in [0.05, 0.1) is 22.3 Å². The van der Waals surface area contributed by atoms with Gasteiger partial charge in [0.15, 0.2) is 5.41 Å². The molecule has 0 atom stereocenters. The zero-order chi connectivity index (χ0) is 18.8. The van der Waals surface area contributed by atoms with Crippen LogP contribution >= 0.6 is 0 Å². The van der Waals surface area contributed by atoms with Crippen molar-refractivity contribution in [1.29, 1.82) is 0 Å². The molecule has 0 aliphatic rings. The lowest BCUT2D eigenvalue weighted by Crippen LogP contribution is -2.55. The van der Waals surface area contributed by atoms with Crippen LogP contribution in [-0.2, 0) is 24.5 Å². The summed E-state index contributed by atoms with van der Waals surface area (Å²) in [5.74, 6) is -1.05. The summed E-state index contributed by atoms with van der Waals surface area (Å²) < 4.78 is 10.2. The van der Waals surface area contributed by atoms with Gasteiger partial charge in [0.2, 0.25) is 0 Å². The Labute approximate surface area is 147 Å². The molecule has 0 N–H and O–H groups in total. The van der Waals surface area contributed by atoms with Gasteiger partial charge in [-0.1, -0.05) is 68.7 Å². The molecule has 0 bridgehead atoms. The third-order valence-electron chi connectivity index (χ3n) is 4.06. The molecule has 0 fully saturated rings. The molecule has 0 spiro atoms. The monoisotopic (exact) mass is 366 g/mol. The summed E-state index contributed by atoms with van der Waals surface area (Å²) in [6.07, 6.45) is 0. The maximum atomic E-state index is 12.9. The van der Waals surface area contributed by atoms with E-state index in [9.17, 15) is 9.59 Å². The number of esters is 2. The minimum Gasteiger partial charge on any atom is -0.468 e. The summed E-state index contributed by atoms with van der Waals surface area (Å²) >= 11 is 0. The number of hydrogen-bond acceptors (Lipinski definition) is 4. The molecular weight excluding hydrogens is 336 g/mol. The molecular formula is C18H30O4Si2. The Morgan fingerprint density at radius 2 is 1.38 bits per heavy atom. The molecule has 0 saturated heterocycles. The van der Waals surface area contributed by atoms with Crippen LogP contribution in [0.15, 0.2) is 24.3 Å². The number of hydrogen-bond donors (Lipinski definition) is 0. The van der Waals surface area contributed by atoms with Gasteiger partial charge >= 0.3 is 11.9 Å². The average Bonchev–Trinajstić information content (AvgIpc) is 2.49. The maximum absolute atomic E-state index is 12.9. The number of ether oxygens (including phenoxy) is 2. The number of rotatable bonds is 6. The minimum atomic E-state index is -1.80. The molecule has 0 aromatic heterocycles. The van der Waals surface area contributed by atoms with Gasteiger partial charge in [-0.25, -0.2) is 0 Å². The third-order valence-corrected chi connectivity index (χ3v) is 7.70. The molecule has 6 heteroatoms. The molecule has 134 valence electrons. The molecule has 1 aromatic rings. The highest BCUT2D eigenvalue weighted by molar-refractivity contribution is 6.89. The van der Waals surface area contributed by atoms with Gasteiger partial charge in [0, 0.05) is 8.07 Å². The summed E-state index contributed by atoms with van der Waals surface area (Å²) in [6, 6.07) is 8.23. The van der Waals surface area contributed by atoms with Crippen molar-refractivity contribution >= 4 is 33.3 Å². The molecule has 0 unspecified atom stereocenters. The van der Waals surface area contributed by atoms with Gasteiger partial charge in [-0.3, -0.25) is 9.59 Å². The summed E-state index contributed by atoms with van der Waals surface area (Å²) in [4.78, 5) is 25.8. The van der Waals surface area contributed by atoms with E-state index < -0.39 is 33.5 Å². The first-order valence-electron chi connectivity index (χ1n) is 8.17. The topological polar surface area (TPSA) is 52.6 Å². The first-order chi connectivity index (χ1) is 10.9. The minimum absolute atomic E-state index is 0.459. The van der Waals surface area contributed by atoms with E-state index in [1.165, 1.54) is 14.2 Å². The van der Waals surface area contributed by atoms with Crippen molar-refractivity contribution < 1.29 is 19.1 Å². The highest BCUT2D eigenvalue weighted by Gasteiger charge is 2.54. The molecule has 0 amide bonds. The third kappa shape index (κ3) is 4.16. The first kappa shape index (κ1) is 20.6. The molecule has 1 aromatic carbocycles. The molecule has 24 heavy (non-hydrogen) atoms. The molecule has 0 aliphatic heterocycles. The van der Waals surface area contributed by atoms with E-state index in [0.29, 0.717) is 6.04 Å². The van der Waals surface area contributed by atoms with Crippen molar-refractivity contribution in [2.75, 3.05) is 14.2 Å². The lowest BCUT2D eigenvalue weighted by Gasteiger charge is -2.36. The number of carbonyl (C=O) groups excluding carboxylic acids is 2. The van der Waals surface area contributed by atoms with Crippen LogP contribution in [0.2, 0.25) is 45.3 Å². The number of carbonyl (C=O) groups is 2. The maximum Gasteiger partial charge on any atom is 0.327 e. The van der Waals surface area contributed by atoms with Gasteiger partial charge in [0.1, 0.15) is 0 Å². The Balaban J connectivity index is 3.83. The van der Waals surface area contributed by atoms with Crippen molar-refractivity contribution in [2.45, 2.75) is 50.7 Å². The van der Waals surface area contributed by atoms with E-state index in [1.807, 2.05) is 24.3 Å². The van der Waals surface area contributed by atoms with Crippen molar-refractivity contribution in [2.24, 2.45) is 0 Å². The van der Waals surface area contributed by atoms with E-state index in [2.05, 4.69) is 39.3 Å². The lowest BCUT2D eigenvalue weighted by atomic mass is 9.82. The molecule has 1 rings (SSSR count). The molecule has 0 aliphatic carbocycles. The second kappa shape index (κ2) is 7.23. The van der Waals surface area contributed by atoms with Gasteiger partial charge in [-0.2, -0.15) is 0 Å². The quantitative estimate of drug-likeness (QED) is 0.441. The Morgan fingerprint density at radius 3 is 1.75 bits per heavy atom. The van der Waals surface area contributed by atoms with E-state index in [0.717, 1.165) is 10.8 Å². The highest BCUT2D eigenvalue weighted by atomic mass is 28.3. The van der Waals surface area contributed by atoms with Crippen molar-refractivity contribution in [1.82, 2.24) is 0 Å². The van der Waals surface area contributed by atoms with E-state index in [4.69, 9.17) is 9.47 Å². The predicted molar refractivity (Wildman–Crippen MR) is 103 cm³/mol. The summed E-state index contributed by atoms with van der Waals surface area (Å²) in [7, 11) is -0.913. The van der Waals surface area contributed by atoms with Crippen LogP contribution in [0, 0.1) is 0 Å². The highest BCUT2D eigenvalue weighted by Crippen LogP contribution is 2.36. The zero-order valence-corrected chi connectivity index (χ0v) is 18.1. The Morgan fingerprint density at radius 1 is 0.917 bits per heavy atom. The normalized spacial score (nSPS) is 12.7. The van der Waals surface area contributed by atoms with E-state index in [1.54, 1.807) is 0 Å². The smallest absolute Gasteiger partial charge is 0.327 e. The molecule has 0 heterocycles. The van der Waals surface area contributed by atoms with Crippen LogP contribution < -0.4 is 5.19 Å².